The van der Waals surface area contributed by atoms with E-state index in [0.717, 1.165) is 0 Å². The largest absolute Gasteiger partial charge is 0.478 e. The fourth-order valence-corrected chi connectivity index (χ4v) is 2.67. The van der Waals surface area contributed by atoms with Gasteiger partial charge in [-0.2, -0.15) is 0 Å². The van der Waals surface area contributed by atoms with Crippen LogP contribution in [0, 0.1) is 13.5 Å². The van der Waals surface area contributed by atoms with E-state index in [1.54, 1.807) is 25.1 Å². The number of carboxylic acids is 1. The van der Waals surface area contributed by atoms with Crippen LogP contribution in [0.5, 0.6) is 0 Å². The number of halogens is 1. The smallest absolute Gasteiger partial charge is 0.337 e. The number of carbonyl (C=O) groups is 1. The number of hydrogen-bond donors (Lipinski definition) is 2. The number of hydrogen-bond acceptors (Lipinski definition) is 3. The average Bonchev–Trinajstić information content (AvgIpc) is 2.89. The molecule has 1 aromatic carbocycles. The fraction of sp³-hybridized carbons (Fsp3) is 0.0588. The van der Waals surface area contributed by atoms with Crippen LogP contribution in [0.1, 0.15) is 16.1 Å². The number of aryl methyl sites for hydroxylation is 1. The third-order valence-corrected chi connectivity index (χ3v) is 3.95. The van der Waals surface area contributed by atoms with Crippen molar-refractivity contribution in [2.75, 3.05) is 0 Å². The summed E-state index contributed by atoms with van der Waals surface area (Å²) < 4.78 is 1.23. The van der Waals surface area contributed by atoms with E-state index in [1.165, 1.54) is 23.0 Å². The van der Waals surface area contributed by atoms with Crippen LogP contribution < -0.4 is 5.56 Å². The highest BCUT2D eigenvalue weighted by Crippen LogP contribution is 2.30. The van der Waals surface area contributed by atoms with Crippen molar-refractivity contribution in [2.24, 2.45) is 0 Å². The zero-order valence-corrected chi connectivity index (χ0v) is 13.7. The maximum atomic E-state index is 12.7. The van der Waals surface area contributed by atoms with Crippen LogP contribution in [0.15, 0.2) is 41.3 Å². The van der Waals surface area contributed by atoms with Gasteiger partial charge < -0.3 is 5.11 Å². The second-order valence-corrected chi connectivity index (χ2v) is 5.65. The Hall–Kier alpha value is -3.37. The second-order valence-electron chi connectivity index (χ2n) is 5.24. The Labute approximate surface area is 146 Å². The van der Waals surface area contributed by atoms with E-state index >= 15 is 0 Å². The first-order valence-electron chi connectivity index (χ1n) is 7.11. The second kappa shape index (κ2) is 6.26. The molecule has 0 aliphatic carbocycles. The van der Waals surface area contributed by atoms with Crippen LogP contribution in [0.2, 0.25) is 5.02 Å². The van der Waals surface area contributed by atoms with Gasteiger partial charge in [-0.3, -0.25) is 9.89 Å². The maximum Gasteiger partial charge on any atom is 0.337 e. The summed E-state index contributed by atoms with van der Waals surface area (Å²) in [5.74, 6) is -0.822. The molecule has 8 heteroatoms. The lowest BCUT2D eigenvalue weighted by molar-refractivity contribution is 0.0696. The molecule has 0 atom stereocenters. The van der Waals surface area contributed by atoms with E-state index < -0.39 is 5.97 Å². The molecule has 2 N–H and O–H groups in total. The predicted molar refractivity (Wildman–Crippen MR) is 92.6 cm³/mol. The van der Waals surface area contributed by atoms with Crippen molar-refractivity contribution in [3.05, 3.63) is 74.6 Å². The first-order valence-corrected chi connectivity index (χ1v) is 7.49. The minimum Gasteiger partial charge on any atom is -0.478 e. The topological polar surface area (TPSA) is 92.3 Å². The number of aromatic amines is 1. The number of benzene rings is 1. The van der Waals surface area contributed by atoms with Gasteiger partial charge in [-0.1, -0.05) is 23.7 Å². The zero-order valence-electron chi connectivity index (χ0n) is 12.9. The van der Waals surface area contributed by atoms with Gasteiger partial charge in [0.1, 0.15) is 0 Å². The van der Waals surface area contributed by atoms with Crippen LogP contribution in [0.25, 0.3) is 21.8 Å². The summed E-state index contributed by atoms with van der Waals surface area (Å²) in [4.78, 5) is 30.9. The number of rotatable bonds is 3. The molecule has 0 saturated carbocycles. The molecule has 0 amide bonds. The average molecular weight is 355 g/mol. The van der Waals surface area contributed by atoms with E-state index in [4.69, 9.17) is 23.3 Å². The highest BCUT2D eigenvalue weighted by molar-refractivity contribution is 6.33. The van der Waals surface area contributed by atoms with Gasteiger partial charge in [0.15, 0.2) is 5.82 Å². The SMILES string of the molecule is [C-]#[N+]c1ccc(-c2c(C)[nH]n(-c3ccc(C(=O)O)cn3)c2=O)cc1Cl. The molecule has 0 spiro atoms. The highest BCUT2D eigenvalue weighted by atomic mass is 35.5. The van der Waals surface area contributed by atoms with E-state index in [2.05, 4.69) is 14.9 Å². The molecule has 25 heavy (non-hydrogen) atoms. The summed E-state index contributed by atoms with van der Waals surface area (Å²) in [5.41, 5.74) is 1.58. The van der Waals surface area contributed by atoms with Gasteiger partial charge >= 0.3 is 5.97 Å². The van der Waals surface area contributed by atoms with Crippen LogP contribution in [0.4, 0.5) is 5.69 Å². The first-order chi connectivity index (χ1) is 11.9. The molecule has 3 aromatic rings. The molecule has 0 fully saturated rings. The summed E-state index contributed by atoms with van der Waals surface area (Å²) >= 11 is 6.05. The molecule has 7 nitrogen and oxygen atoms in total. The van der Waals surface area contributed by atoms with Crippen LogP contribution in [0.3, 0.4) is 0 Å². The first kappa shape index (κ1) is 16.5. The Morgan fingerprint density at radius 2 is 2.12 bits per heavy atom. The summed E-state index contributed by atoms with van der Waals surface area (Å²) in [7, 11) is 0. The Morgan fingerprint density at radius 3 is 2.68 bits per heavy atom. The van der Waals surface area contributed by atoms with Gasteiger partial charge in [0.2, 0.25) is 5.69 Å². The lowest BCUT2D eigenvalue weighted by Gasteiger charge is -2.01. The minimum atomic E-state index is -1.09. The van der Waals surface area contributed by atoms with Crippen molar-refractivity contribution in [1.29, 1.82) is 0 Å². The van der Waals surface area contributed by atoms with Crippen molar-refractivity contribution >= 4 is 23.3 Å². The minimum absolute atomic E-state index is 0.0295. The predicted octanol–water partition coefficient (Wildman–Crippen LogP) is 3.44. The fourth-order valence-electron chi connectivity index (χ4n) is 2.45. The lowest BCUT2D eigenvalue weighted by Crippen LogP contribution is -2.17. The standard InChI is InChI=1S/C17H11ClN4O3/c1-9-15(10-3-5-13(19-2)12(18)7-10)16(23)22(21-9)14-6-4-11(8-20-14)17(24)25/h3-8,21H,1H3,(H,24,25). The van der Waals surface area contributed by atoms with Gasteiger partial charge in [0, 0.05) is 16.9 Å². The number of aromatic nitrogens is 3. The third-order valence-electron chi connectivity index (χ3n) is 3.65. The van der Waals surface area contributed by atoms with E-state index in [1.807, 2.05) is 0 Å². The maximum absolute atomic E-state index is 12.7. The van der Waals surface area contributed by atoms with Crippen molar-refractivity contribution in [2.45, 2.75) is 6.92 Å². The van der Waals surface area contributed by atoms with Crippen LogP contribution >= 0.6 is 11.6 Å². The van der Waals surface area contributed by atoms with Crippen LogP contribution in [-0.4, -0.2) is 25.8 Å². The summed E-state index contributed by atoms with van der Waals surface area (Å²) in [6, 6.07) is 7.59. The van der Waals surface area contributed by atoms with E-state index in [9.17, 15) is 9.59 Å². The Balaban J connectivity index is 2.10. The van der Waals surface area contributed by atoms with Crippen molar-refractivity contribution in [1.82, 2.24) is 14.8 Å². The third kappa shape index (κ3) is 2.91. The number of aromatic carboxylic acids is 1. The lowest BCUT2D eigenvalue weighted by atomic mass is 10.1. The molecular formula is C17H11ClN4O3. The molecule has 124 valence electrons. The molecule has 0 aliphatic heterocycles. The zero-order chi connectivity index (χ0) is 18.1. The van der Waals surface area contributed by atoms with Crippen LogP contribution in [-0.2, 0) is 0 Å². The number of nitrogens with zero attached hydrogens (tertiary/aromatic N) is 3. The van der Waals surface area contributed by atoms with Crippen molar-refractivity contribution < 1.29 is 9.90 Å². The monoisotopic (exact) mass is 354 g/mol. The van der Waals surface area contributed by atoms with Crippen molar-refractivity contribution in [3.63, 3.8) is 0 Å². The molecule has 0 radical (unpaired) electrons. The summed E-state index contributed by atoms with van der Waals surface area (Å²) in [6.07, 6.45) is 1.18. The van der Waals surface area contributed by atoms with Gasteiger partial charge in [-0.15, -0.1) is 0 Å². The van der Waals surface area contributed by atoms with E-state index in [-0.39, 0.29) is 22.0 Å². The molecule has 0 aliphatic rings. The Kier molecular flexibility index (Phi) is 4.13. The quantitative estimate of drug-likeness (QED) is 0.705. The summed E-state index contributed by atoms with van der Waals surface area (Å²) in [5, 5.41) is 12.1. The molecule has 0 unspecified atom stereocenters. The Bertz CT molecular complexity index is 1070. The molecule has 0 saturated heterocycles. The number of H-pyrrole nitrogens is 1. The van der Waals surface area contributed by atoms with Gasteiger partial charge in [0.05, 0.1) is 17.7 Å². The molecule has 2 heterocycles. The molecular weight excluding hydrogens is 344 g/mol. The normalized spacial score (nSPS) is 10.4. The number of pyridine rings is 1. The summed E-state index contributed by atoms with van der Waals surface area (Å²) in [6.45, 7) is 8.76. The van der Waals surface area contributed by atoms with Gasteiger partial charge in [-0.05, 0) is 30.7 Å². The number of nitrogens with one attached hydrogen (secondary N) is 1. The van der Waals surface area contributed by atoms with Crippen molar-refractivity contribution in [3.8, 4) is 16.9 Å². The molecule has 3 rings (SSSR count). The molecule has 2 aromatic heterocycles. The van der Waals surface area contributed by atoms with Gasteiger partial charge in [0.25, 0.3) is 5.56 Å². The number of carboxylic acid groups (broad SMARTS) is 1. The highest BCUT2D eigenvalue weighted by Gasteiger charge is 2.16. The molecule has 0 bridgehead atoms. The van der Waals surface area contributed by atoms with E-state index in [0.29, 0.717) is 22.5 Å². The Morgan fingerprint density at radius 1 is 1.36 bits per heavy atom. The van der Waals surface area contributed by atoms with Gasteiger partial charge in [-0.25, -0.2) is 19.3 Å².